The standard InChI is InChI=1S/C42H19N5O/c1-4-20-8-10-24-27-6-2-16-44-40(27)46-36(24)32(20)22(5-1)23-12-14-30-34(38(23)46)42(44)35-31(48-30)15-13-26-29-19-43-18-21-9-11-25-28-7-3-17-45(42)41(28)47(39(26)35)37(25)33(21)29/h1-19H/q+2. The quantitative estimate of drug-likeness (QED) is 0.0986. The molecule has 48 heavy (non-hydrogen) atoms. The van der Waals surface area contributed by atoms with Crippen LogP contribution in [0, 0.1) is 0 Å². The fraction of sp³-hybridized carbons (Fsp3) is 0.0238. The number of ether oxygens (including phenoxy) is 1. The Morgan fingerprint density at radius 3 is 1.73 bits per heavy atom. The van der Waals surface area contributed by atoms with E-state index in [1.807, 2.05) is 6.20 Å². The van der Waals surface area contributed by atoms with Crippen molar-refractivity contribution in [2.24, 2.45) is 0 Å². The first-order chi connectivity index (χ1) is 23.8. The average molecular weight is 610 g/mol. The summed E-state index contributed by atoms with van der Waals surface area (Å²) < 4.78 is 17.3. The smallest absolute Gasteiger partial charge is 0.321 e. The topological polar surface area (TPSA) is 38.7 Å². The van der Waals surface area contributed by atoms with Gasteiger partial charge in [0.1, 0.15) is 33.7 Å². The zero-order chi connectivity index (χ0) is 30.4. The molecular weight excluding hydrogens is 590 g/mol. The van der Waals surface area contributed by atoms with Crippen LogP contribution >= 0.6 is 0 Å². The van der Waals surface area contributed by atoms with Crippen molar-refractivity contribution in [1.82, 2.24) is 13.8 Å². The van der Waals surface area contributed by atoms with E-state index in [1.165, 1.54) is 104 Å². The van der Waals surface area contributed by atoms with E-state index >= 15 is 0 Å². The number of fused-ring (bicyclic) bond motifs is 4. The second-order valence-electron chi connectivity index (χ2n) is 14.0. The summed E-state index contributed by atoms with van der Waals surface area (Å²) in [6.07, 6.45) is 8.67. The summed E-state index contributed by atoms with van der Waals surface area (Å²) in [7, 11) is 0. The highest BCUT2D eigenvalue weighted by molar-refractivity contribution is 6.30. The summed E-state index contributed by atoms with van der Waals surface area (Å²) in [5, 5.41) is 15.0. The molecule has 0 aliphatic carbocycles. The minimum atomic E-state index is -0.752. The van der Waals surface area contributed by atoms with Gasteiger partial charge in [-0.3, -0.25) is 4.98 Å². The molecule has 6 heteroatoms. The summed E-state index contributed by atoms with van der Waals surface area (Å²) in [6.45, 7) is 0. The number of benzene rings is 5. The van der Waals surface area contributed by atoms with Crippen molar-refractivity contribution in [3.63, 3.8) is 0 Å². The van der Waals surface area contributed by atoms with Gasteiger partial charge in [-0.25, -0.2) is 0 Å². The lowest BCUT2D eigenvalue weighted by Crippen LogP contribution is -2.77. The zero-order valence-corrected chi connectivity index (χ0v) is 25.1. The highest BCUT2D eigenvalue weighted by Gasteiger charge is 2.63. The van der Waals surface area contributed by atoms with E-state index in [0.29, 0.717) is 0 Å². The molecule has 0 saturated heterocycles. The van der Waals surface area contributed by atoms with Crippen LogP contribution in [0.1, 0.15) is 11.1 Å². The Labute approximate surface area is 269 Å². The molecule has 0 radical (unpaired) electrons. The minimum Gasteiger partial charge on any atom is -0.456 e. The van der Waals surface area contributed by atoms with E-state index < -0.39 is 5.66 Å². The van der Waals surface area contributed by atoms with Gasteiger partial charge in [-0.1, -0.05) is 30.3 Å². The first-order valence-corrected chi connectivity index (χ1v) is 16.6. The molecule has 12 aromatic rings. The number of nitrogens with zero attached hydrogens (tertiary/aromatic N) is 5. The summed E-state index contributed by atoms with van der Waals surface area (Å²) >= 11 is 0. The zero-order valence-electron chi connectivity index (χ0n) is 25.1. The molecule has 5 aromatic carbocycles. The van der Waals surface area contributed by atoms with Gasteiger partial charge in [-0.15, -0.1) is 0 Å². The normalized spacial score (nSPS) is 17.4. The molecule has 0 amide bonds. The van der Waals surface area contributed by atoms with E-state index in [9.17, 15) is 0 Å². The average Bonchev–Trinajstić information content (AvgIpc) is 3.67. The van der Waals surface area contributed by atoms with Gasteiger partial charge in [-0.2, -0.15) is 17.9 Å². The van der Waals surface area contributed by atoms with Crippen molar-refractivity contribution in [2.45, 2.75) is 5.66 Å². The molecule has 6 nitrogen and oxygen atoms in total. The molecule has 0 bridgehead atoms. The van der Waals surface area contributed by atoms with Crippen LogP contribution in [0.4, 0.5) is 0 Å². The summed E-state index contributed by atoms with van der Waals surface area (Å²) in [5.41, 5.74) is 8.97. The lowest BCUT2D eigenvalue weighted by molar-refractivity contribution is -0.953. The monoisotopic (exact) mass is 609 g/mol. The van der Waals surface area contributed by atoms with Crippen molar-refractivity contribution in [3.8, 4) is 11.5 Å². The molecule has 3 aliphatic heterocycles. The summed E-state index contributed by atoms with van der Waals surface area (Å²) in [5.74, 6) is 1.80. The van der Waals surface area contributed by atoms with Gasteiger partial charge < -0.3 is 4.74 Å². The maximum atomic E-state index is 7.09. The Kier molecular flexibility index (Phi) is 2.99. The SMILES string of the molecule is c1cc2ccc3c4ccc[n+]5c4n4c6c7c(ccc6c(c1)c2c34)Oc1ccc2c3cncc4ccc6c8ccc[n+]9c8n(c2c1C759)c6c43. The summed E-state index contributed by atoms with van der Waals surface area (Å²) in [6, 6.07) is 33.9. The first kappa shape index (κ1) is 22.1. The van der Waals surface area contributed by atoms with Crippen molar-refractivity contribution in [2.75, 3.05) is 0 Å². The fourth-order valence-corrected chi connectivity index (χ4v) is 10.7. The largest absolute Gasteiger partial charge is 0.456 e. The Morgan fingerprint density at radius 2 is 1.04 bits per heavy atom. The van der Waals surface area contributed by atoms with Crippen molar-refractivity contribution < 1.29 is 13.9 Å². The Hall–Kier alpha value is -6.53. The third-order valence-corrected chi connectivity index (χ3v) is 12.2. The van der Waals surface area contributed by atoms with Gasteiger partial charge in [0.2, 0.25) is 0 Å². The summed E-state index contributed by atoms with van der Waals surface area (Å²) in [4.78, 5) is 4.76. The van der Waals surface area contributed by atoms with Crippen LogP contribution < -0.4 is 13.9 Å². The van der Waals surface area contributed by atoms with Crippen LogP contribution in [0.15, 0.2) is 116 Å². The van der Waals surface area contributed by atoms with E-state index in [-0.39, 0.29) is 0 Å². The maximum absolute atomic E-state index is 7.09. The molecular formula is C42H19N5O+2. The molecule has 0 N–H and O–H groups in total. The van der Waals surface area contributed by atoms with Crippen LogP contribution in [0.2, 0.25) is 0 Å². The lowest BCUT2D eigenvalue weighted by atomic mass is 9.81. The third-order valence-electron chi connectivity index (χ3n) is 12.2. The van der Waals surface area contributed by atoms with E-state index in [0.717, 1.165) is 16.9 Å². The highest BCUT2D eigenvalue weighted by atomic mass is 16.5. The third kappa shape index (κ3) is 1.85. The van der Waals surface area contributed by atoms with Gasteiger partial charge in [0, 0.05) is 55.5 Å². The molecule has 0 fully saturated rings. The van der Waals surface area contributed by atoms with Gasteiger partial charge in [0.25, 0.3) is 11.3 Å². The number of hydrogen-bond donors (Lipinski definition) is 0. The van der Waals surface area contributed by atoms with Crippen LogP contribution in [0.3, 0.4) is 0 Å². The van der Waals surface area contributed by atoms with Gasteiger partial charge >= 0.3 is 5.66 Å². The second-order valence-corrected chi connectivity index (χ2v) is 14.0. The molecule has 7 aromatic heterocycles. The molecule has 1 atom stereocenters. The first-order valence-electron chi connectivity index (χ1n) is 16.6. The number of aromatic nitrogens is 5. The predicted molar refractivity (Wildman–Crippen MR) is 187 cm³/mol. The fourth-order valence-electron chi connectivity index (χ4n) is 10.7. The molecule has 1 unspecified atom stereocenters. The Bertz CT molecular complexity index is 3370. The van der Waals surface area contributed by atoms with E-state index in [2.05, 4.69) is 128 Å². The Balaban J connectivity index is 1.34. The van der Waals surface area contributed by atoms with Gasteiger partial charge in [0.05, 0.1) is 23.2 Å². The van der Waals surface area contributed by atoms with E-state index in [4.69, 9.17) is 9.72 Å². The second kappa shape index (κ2) is 6.50. The highest BCUT2D eigenvalue weighted by Crippen LogP contribution is 2.57. The van der Waals surface area contributed by atoms with Gasteiger partial charge in [-0.05, 0) is 71.4 Å². The molecule has 1 spiro atoms. The molecule has 0 saturated carbocycles. The van der Waals surface area contributed by atoms with Crippen molar-refractivity contribution in [1.29, 1.82) is 0 Å². The van der Waals surface area contributed by atoms with Crippen LogP contribution in [0.25, 0.3) is 98.0 Å². The van der Waals surface area contributed by atoms with Crippen molar-refractivity contribution >= 4 is 98.0 Å². The minimum absolute atomic E-state index is 0.752. The maximum Gasteiger partial charge on any atom is 0.321 e. The van der Waals surface area contributed by atoms with Crippen molar-refractivity contribution in [3.05, 3.63) is 127 Å². The molecule has 10 heterocycles. The predicted octanol–water partition coefficient (Wildman–Crippen LogP) is 8.29. The van der Waals surface area contributed by atoms with E-state index in [1.54, 1.807) is 0 Å². The number of pyridine rings is 5. The van der Waals surface area contributed by atoms with Crippen LogP contribution in [0.5, 0.6) is 11.5 Å². The molecule has 216 valence electrons. The molecule has 15 rings (SSSR count). The van der Waals surface area contributed by atoms with Crippen LogP contribution in [-0.2, 0) is 5.66 Å². The van der Waals surface area contributed by atoms with Gasteiger partial charge in [0.15, 0.2) is 11.0 Å². The number of hydrogen-bond acceptors (Lipinski definition) is 2. The van der Waals surface area contributed by atoms with Crippen LogP contribution in [-0.4, -0.2) is 13.8 Å². The number of rotatable bonds is 0. The lowest BCUT2D eigenvalue weighted by Gasteiger charge is -2.39. The Morgan fingerprint density at radius 1 is 0.479 bits per heavy atom. The molecule has 3 aliphatic rings.